The Bertz CT molecular complexity index is 484. The lowest BCUT2D eigenvalue weighted by atomic mass is 10.2. The first-order valence-corrected chi connectivity index (χ1v) is 5.65. The van der Waals surface area contributed by atoms with Crippen molar-refractivity contribution >= 4 is 11.9 Å². The summed E-state index contributed by atoms with van der Waals surface area (Å²) in [5, 5.41) is 12.4. The third-order valence-electron chi connectivity index (χ3n) is 2.29. The van der Waals surface area contributed by atoms with Crippen LogP contribution in [0.4, 0.5) is 0 Å². The topological polar surface area (TPSA) is 49.3 Å². The van der Waals surface area contributed by atoms with Gasteiger partial charge in [0.25, 0.3) is 0 Å². The molecule has 3 heteroatoms. The lowest BCUT2D eigenvalue weighted by Gasteiger charge is -1.96. The average Bonchev–Trinajstić information content (AvgIpc) is 2.37. The van der Waals surface area contributed by atoms with Crippen LogP contribution in [-0.4, -0.2) is 17.9 Å². The van der Waals surface area contributed by atoms with Crippen LogP contribution in [0, 0.1) is 0 Å². The highest BCUT2D eigenvalue weighted by atomic mass is 16.3. The summed E-state index contributed by atoms with van der Waals surface area (Å²) in [6.45, 7) is 1.78. The molecule has 0 aromatic heterocycles. The zero-order valence-electron chi connectivity index (χ0n) is 10.6. The predicted octanol–water partition coefficient (Wildman–Crippen LogP) is 2.83. The molecule has 1 rings (SSSR count). The summed E-state index contributed by atoms with van der Waals surface area (Å²) in [7, 11) is 1.73. The molecule has 0 saturated carbocycles. The van der Waals surface area contributed by atoms with Crippen LogP contribution >= 0.6 is 0 Å². The summed E-state index contributed by atoms with van der Waals surface area (Å²) in [6.07, 6.45) is 5.84. The third kappa shape index (κ3) is 5.16. The number of nitrogens with one attached hydrogen (secondary N) is 1. The van der Waals surface area contributed by atoms with Gasteiger partial charge in [-0.05, 0) is 18.6 Å². The largest absolute Gasteiger partial charge is 0.508 e. The van der Waals surface area contributed by atoms with Gasteiger partial charge in [-0.2, -0.15) is 0 Å². The minimum absolute atomic E-state index is 0.0657. The van der Waals surface area contributed by atoms with E-state index in [1.165, 1.54) is 18.2 Å². The van der Waals surface area contributed by atoms with E-state index in [0.717, 1.165) is 11.3 Å². The molecule has 0 aliphatic carbocycles. The van der Waals surface area contributed by atoms with Crippen molar-refractivity contribution in [1.82, 2.24) is 5.32 Å². The van der Waals surface area contributed by atoms with E-state index in [1.807, 2.05) is 30.3 Å². The fourth-order valence-corrected chi connectivity index (χ4v) is 1.27. The van der Waals surface area contributed by atoms with Crippen molar-refractivity contribution in [1.29, 1.82) is 0 Å². The number of allylic oxidation sites excluding steroid dienone is 4. The Kier molecular flexibility index (Phi) is 5.45. The van der Waals surface area contributed by atoms with Gasteiger partial charge >= 0.3 is 0 Å². The van der Waals surface area contributed by atoms with Crippen LogP contribution in [0.25, 0.3) is 6.08 Å². The maximum absolute atomic E-state index is 11.4. The zero-order valence-corrected chi connectivity index (χ0v) is 10.6. The minimum atomic E-state index is -0.253. The summed E-state index contributed by atoms with van der Waals surface area (Å²) >= 11 is 0. The van der Waals surface area contributed by atoms with Gasteiger partial charge in [-0.1, -0.05) is 36.4 Å². The van der Waals surface area contributed by atoms with Crippen LogP contribution in [0.3, 0.4) is 0 Å². The normalized spacial score (nSPS) is 12.8. The molecule has 0 radical (unpaired) electrons. The van der Waals surface area contributed by atoms with Crippen molar-refractivity contribution in [2.24, 2.45) is 0 Å². The summed E-state index contributed by atoms with van der Waals surface area (Å²) in [5.41, 5.74) is 1.71. The van der Waals surface area contributed by atoms with Crippen LogP contribution < -0.4 is 5.32 Å². The first kappa shape index (κ1) is 13.8. The fourth-order valence-electron chi connectivity index (χ4n) is 1.27. The number of hydrogen-bond donors (Lipinski definition) is 2. The standard InChI is InChI=1S/C15H17NO2/c1-12(16-2)10-15(18)11-14(17)9-8-13-6-4-3-5-7-13/h3-11,16-17H,1-2H3/b9-8+,12-10-,14-11-. The first-order chi connectivity index (χ1) is 8.61. The number of rotatable bonds is 5. The van der Waals surface area contributed by atoms with E-state index < -0.39 is 0 Å². The van der Waals surface area contributed by atoms with Crippen molar-refractivity contribution < 1.29 is 9.90 Å². The molecule has 0 unspecified atom stereocenters. The second-order valence-corrected chi connectivity index (χ2v) is 3.79. The Hall–Kier alpha value is -2.29. The van der Waals surface area contributed by atoms with E-state index in [0.29, 0.717) is 0 Å². The molecule has 0 bridgehead atoms. The van der Waals surface area contributed by atoms with Crippen molar-refractivity contribution in [2.45, 2.75) is 6.92 Å². The van der Waals surface area contributed by atoms with E-state index in [2.05, 4.69) is 5.32 Å². The van der Waals surface area contributed by atoms with Crippen molar-refractivity contribution in [3.05, 3.63) is 65.6 Å². The average molecular weight is 243 g/mol. The van der Waals surface area contributed by atoms with Gasteiger partial charge in [-0.15, -0.1) is 0 Å². The second-order valence-electron chi connectivity index (χ2n) is 3.79. The summed E-state index contributed by atoms with van der Waals surface area (Å²) in [4.78, 5) is 11.4. The Morgan fingerprint density at radius 1 is 1.22 bits per heavy atom. The molecular formula is C15H17NO2. The van der Waals surface area contributed by atoms with Gasteiger partial charge in [0.2, 0.25) is 0 Å². The molecule has 94 valence electrons. The number of carbonyl (C=O) groups is 1. The van der Waals surface area contributed by atoms with E-state index in [1.54, 1.807) is 20.0 Å². The smallest absolute Gasteiger partial charge is 0.184 e. The van der Waals surface area contributed by atoms with Crippen LogP contribution in [0.5, 0.6) is 0 Å². The number of carbonyl (C=O) groups excluding carboxylic acids is 1. The summed E-state index contributed by atoms with van der Waals surface area (Å²) < 4.78 is 0. The van der Waals surface area contributed by atoms with Gasteiger partial charge in [0, 0.05) is 24.9 Å². The van der Waals surface area contributed by atoms with Gasteiger partial charge in [-0.25, -0.2) is 0 Å². The van der Waals surface area contributed by atoms with Gasteiger partial charge < -0.3 is 10.4 Å². The fraction of sp³-hybridized carbons (Fsp3) is 0.133. The van der Waals surface area contributed by atoms with Gasteiger partial charge in [-0.3, -0.25) is 4.79 Å². The molecule has 0 aliphatic rings. The first-order valence-electron chi connectivity index (χ1n) is 5.65. The number of benzene rings is 1. The lowest BCUT2D eigenvalue weighted by Crippen LogP contribution is -2.04. The molecule has 3 nitrogen and oxygen atoms in total. The molecule has 1 aromatic rings. The van der Waals surface area contributed by atoms with Crippen molar-refractivity contribution in [3.8, 4) is 0 Å². The molecule has 18 heavy (non-hydrogen) atoms. The van der Waals surface area contributed by atoms with Crippen LogP contribution in [0.15, 0.2) is 60.0 Å². The Morgan fingerprint density at radius 3 is 2.50 bits per heavy atom. The van der Waals surface area contributed by atoms with Gasteiger partial charge in [0.05, 0.1) is 0 Å². The number of hydrogen-bond acceptors (Lipinski definition) is 3. The van der Waals surface area contributed by atoms with Crippen molar-refractivity contribution in [2.75, 3.05) is 7.05 Å². The lowest BCUT2D eigenvalue weighted by molar-refractivity contribution is -0.110. The molecule has 0 aliphatic heterocycles. The molecule has 0 atom stereocenters. The molecule has 0 fully saturated rings. The molecular weight excluding hydrogens is 226 g/mol. The van der Waals surface area contributed by atoms with E-state index >= 15 is 0 Å². The molecule has 0 saturated heterocycles. The third-order valence-corrected chi connectivity index (χ3v) is 2.29. The van der Waals surface area contributed by atoms with E-state index in [4.69, 9.17) is 0 Å². The van der Waals surface area contributed by atoms with Gasteiger partial charge in [0.15, 0.2) is 5.78 Å². The molecule has 1 aromatic carbocycles. The van der Waals surface area contributed by atoms with E-state index in [9.17, 15) is 9.90 Å². The van der Waals surface area contributed by atoms with Crippen molar-refractivity contribution in [3.63, 3.8) is 0 Å². The molecule has 0 heterocycles. The monoisotopic (exact) mass is 243 g/mol. The maximum atomic E-state index is 11.4. The SMILES string of the molecule is CN/C(C)=C\C(=O)/C=C(O)/C=C/c1ccccc1. The quantitative estimate of drug-likeness (QED) is 0.475. The van der Waals surface area contributed by atoms with Crippen LogP contribution in [0.2, 0.25) is 0 Å². The molecule has 0 amide bonds. The maximum Gasteiger partial charge on any atom is 0.184 e. The van der Waals surface area contributed by atoms with Crippen LogP contribution in [-0.2, 0) is 4.79 Å². The summed E-state index contributed by atoms with van der Waals surface area (Å²) in [6, 6.07) is 9.56. The summed E-state index contributed by atoms with van der Waals surface area (Å²) in [5.74, 6) is -0.318. The highest BCUT2D eigenvalue weighted by Gasteiger charge is 1.95. The highest BCUT2D eigenvalue weighted by Crippen LogP contribution is 2.03. The molecule has 2 N–H and O–H groups in total. The van der Waals surface area contributed by atoms with E-state index in [-0.39, 0.29) is 11.5 Å². The Balaban J connectivity index is 2.68. The van der Waals surface area contributed by atoms with Gasteiger partial charge in [0.1, 0.15) is 5.76 Å². The zero-order chi connectivity index (χ0) is 13.4. The Morgan fingerprint density at radius 2 is 1.89 bits per heavy atom. The molecule has 0 spiro atoms. The second kappa shape index (κ2) is 7.12. The number of aliphatic hydroxyl groups excluding tert-OH is 1. The van der Waals surface area contributed by atoms with Crippen LogP contribution in [0.1, 0.15) is 12.5 Å². The minimum Gasteiger partial charge on any atom is -0.508 e. The highest BCUT2D eigenvalue weighted by molar-refractivity contribution is 6.00. The predicted molar refractivity (Wildman–Crippen MR) is 74.0 cm³/mol. The number of aliphatic hydroxyl groups is 1. The number of ketones is 1. The Labute approximate surface area is 107 Å².